The zero-order valence-electron chi connectivity index (χ0n) is 8.83. The van der Waals surface area contributed by atoms with Gasteiger partial charge in [-0.3, -0.25) is 10.9 Å². The summed E-state index contributed by atoms with van der Waals surface area (Å²) in [5.74, 6) is 6.93. The summed E-state index contributed by atoms with van der Waals surface area (Å²) in [7, 11) is 0. The second-order valence-electron chi connectivity index (χ2n) is 3.72. The van der Waals surface area contributed by atoms with Gasteiger partial charge < -0.3 is 0 Å². The second-order valence-corrected chi connectivity index (χ2v) is 3.72. The molecule has 4 N–H and O–H groups in total. The lowest BCUT2D eigenvalue weighted by molar-refractivity contribution is 0.383. The molecule has 5 heteroatoms. The molecule has 2 atom stereocenters. The van der Waals surface area contributed by atoms with Crippen LogP contribution < -0.4 is 11.3 Å². The van der Waals surface area contributed by atoms with Crippen LogP contribution in [0.1, 0.15) is 45.0 Å². The van der Waals surface area contributed by atoms with Crippen LogP contribution in [-0.4, -0.2) is 15.2 Å². The van der Waals surface area contributed by atoms with Gasteiger partial charge in [-0.05, 0) is 12.3 Å². The van der Waals surface area contributed by atoms with Crippen molar-refractivity contribution in [2.45, 2.75) is 39.2 Å². The van der Waals surface area contributed by atoms with Crippen molar-refractivity contribution in [1.29, 1.82) is 0 Å². The number of hydrazine groups is 1. The summed E-state index contributed by atoms with van der Waals surface area (Å²) >= 11 is 0. The van der Waals surface area contributed by atoms with Gasteiger partial charge in [0.05, 0.1) is 6.04 Å². The zero-order valence-corrected chi connectivity index (χ0v) is 8.83. The molecule has 0 aliphatic heterocycles. The predicted octanol–water partition coefficient (Wildman–Crippen LogP) is 1.14. The van der Waals surface area contributed by atoms with Crippen molar-refractivity contribution in [3.8, 4) is 0 Å². The SMILES string of the molecule is CCCC(C)CC(NN)c1ncn[nH]1. The molecule has 5 nitrogen and oxygen atoms in total. The van der Waals surface area contributed by atoms with E-state index in [2.05, 4.69) is 34.5 Å². The highest BCUT2D eigenvalue weighted by molar-refractivity contribution is 4.90. The summed E-state index contributed by atoms with van der Waals surface area (Å²) in [6.07, 6.45) is 4.91. The van der Waals surface area contributed by atoms with E-state index in [9.17, 15) is 0 Å². The molecule has 0 fully saturated rings. The average molecular weight is 197 g/mol. The van der Waals surface area contributed by atoms with Crippen molar-refractivity contribution in [2.75, 3.05) is 0 Å². The molecule has 1 heterocycles. The highest BCUT2D eigenvalue weighted by atomic mass is 15.3. The number of H-pyrrole nitrogens is 1. The molecular weight excluding hydrogens is 178 g/mol. The third-order valence-corrected chi connectivity index (χ3v) is 2.38. The summed E-state index contributed by atoms with van der Waals surface area (Å²) in [4.78, 5) is 4.09. The van der Waals surface area contributed by atoms with Crippen molar-refractivity contribution in [1.82, 2.24) is 20.6 Å². The minimum absolute atomic E-state index is 0.0825. The van der Waals surface area contributed by atoms with Gasteiger partial charge in [0.25, 0.3) is 0 Å². The molecule has 80 valence electrons. The van der Waals surface area contributed by atoms with Gasteiger partial charge in [-0.2, -0.15) is 5.10 Å². The van der Waals surface area contributed by atoms with E-state index in [0.717, 1.165) is 12.2 Å². The van der Waals surface area contributed by atoms with Crippen LogP contribution in [0.2, 0.25) is 0 Å². The molecule has 0 aliphatic rings. The normalized spacial score (nSPS) is 15.4. The van der Waals surface area contributed by atoms with E-state index in [0.29, 0.717) is 5.92 Å². The number of hydrogen-bond acceptors (Lipinski definition) is 4. The molecule has 0 amide bonds. The van der Waals surface area contributed by atoms with Crippen LogP contribution >= 0.6 is 0 Å². The largest absolute Gasteiger partial charge is 0.271 e. The van der Waals surface area contributed by atoms with E-state index in [-0.39, 0.29) is 6.04 Å². The van der Waals surface area contributed by atoms with Crippen LogP contribution in [-0.2, 0) is 0 Å². The van der Waals surface area contributed by atoms with E-state index in [1.807, 2.05) is 0 Å². The quantitative estimate of drug-likeness (QED) is 0.472. The molecule has 0 saturated heterocycles. The van der Waals surface area contributed by atoms with E-state index in [4.69, 9.17) is 5.84 Å². The summed E-state index contributed by atoms with van der Waals surface area (Å²) in [5, 5.41) is 6.64. The Hall–Kier alpha value is -0.940. The third kappa shape index (κ3) is 3.08. The lowest BCUT2D eigenvalue weighted by Crippen LogP contribution is -2.30. The second kappa shape index (κ2) is 5.72. The van der Waals surface area contributed by atoms with Crippen LogP contribution in [0.3, 0.4) is 0 Å². The first-order valence-corrected chi connectivity index (χ1v) is 5.09. The fourth-order valence-electron chi connectivity index (χ4n) is 1.65. The minimum Gasteiger partial charge on any atom is -0.271 e. The van der Waals surface area contributed by atoms with Crippen LogP contribution in [0.5, 0.6) is 0 Å². The summed E-state index contributed by atoms with van der Waals surface area (Å²) in [6.45, 7) is 4.42. The minimum atomic E-state index is 0.0825. The number of hydrogen-bond donors (Lipinski definition) is 3. The number of nitrogens with one attached hydrogen (secondary N) is 2. The van der Waals surface area contributed by atoms with Gasteiger partial charge >= 0.3 is 0 Å². The number of nitrogens with zero attached hydrogens (tertiary/aromatic N) is 2. The standard InChI is InChI=1S/C9H19N5/c1-3-4-7(2)5-8(13-10)9-11-6-12-14-9/h6-8,13H,3-5,10H2,1-2H3,(H,11,12,14). The Morgan fingerprint density at radius 2 is 2.43 bits per heavy atom. The molecule has 2 unspecified atom stereocenters. The first kappa shape index (κ1) is 11.1. The van der Waals surface area contributed by atoms with E-state index in [1.54, 1.807) is 0 Å². The van der Waals surface area contributed by atoms with E-state index >= 15 is 0 Å². The lowest BCUT2D eigenvalue weighted by Gasteiger charge is -2.17. The fourth-order valence-corrected chi connectivity index (χ4v) is 1.65. The molecule has 1 aromatic rings. The van der Waals surface area contributed by atoms with Crippen LogP contribution in [0.25, 0.3) is 0 Å². The van der Waals surface area contributed by atoms with Crippen LogP contribution in [0.15, 0.2) is 6.33 Å². The number of rotatable bonds is 6. The summed E-state index contributed by atoms with van der Waals surface area (Å²) in [6, 6.07) is 0.0825. The van der Waals surface area contributed by atoms with Gasteiger partial charge in [-0.25, -0.2) is 10.4 Å². The molecule has 0 bridgehead atoms. The van der Waals surface area contributed by atoms with Gasteiger partial charge in [-0.15, -0.1) is 0 Å². The van der Waals surface area contributed by atoms with Gasteiger partial charge in [0, 0.05) is 0 Å². The predicted molar refractivity (Wildman–Crippen MR) is 55.1 cm³/mol. The average Bonchev–Trinajstić information content (AvgIpc) is 2.67. The van der Waals surface area contributed by atoms with Crippen LogP contribution in [0, 0.1) is 5.92 Å². The maximum atomic E-state index is 5.47. The highest BCUT2D eigenvalue weighted by Gasteiger charge is 2.15. The molecule has 0 saturated carbocycles. The highest BCUT2D eigenvalue weighted by Crippen LogP contribution is 2.20. The van der Waals surface area contributed by atoms with Gasteiger partial charge in [0.2, 0.25) is 0 Å². The molecule has 0 radical (unpaired) electrons. The first-order chi connectivity index (χ1) is 6.77. The molecule has 1 aromatic heterocycles. The number of aromatic amines is 1. The topological polar surface area (TPSA) is 79.6 Å². The Kier molecular flexibility index (Phi) is 4.55. The Morgan fingerprint density at radius 3 is 2.93 bits per heavy atom. The Morgan fingerprint density at radius 1 is 1.64 bits per heavy atom. The Bertz CT molecular complexity index is 233. The molecule has 0 spiro atoms. The summed E-state index contributed by atoms with van der Waals surface area (Å²) < 4.78 is 0. The van der Waals surface area contributed by atoms with E-state index < -0.39 is 0 Å². The zero-order chi connectivity index (χ0) is 10.4. The van der Waals surface area contributed by atoms with Gasteiger partial charge in [0.1, 0.15) is 12.2 Å². The summed E-state index contributed by atoms with van der Waals surface area (Å²) in [5.41, 5.74) is 2.76. The van der Waals surface area contributed by atoms with Crippen molar-refractivity contribution in [3.05, 3.63) is 12.2 Å². The Balaban J connectivity index is 2.47. The monoisotopic (exact) mass is 197 g/mol. The smallest absolute Gasteiger partial charge is 0.142 e. The maximum Gasteiger partial charge on any atom is 0.142 e. The molecule has 0 aliphatic carbocycles. The van der Waals surface area contributed by atoms with Crippen molar-refractivity contribution < 1.29 is 0 Å². The number of nitrogens with two attached hydrogens (primary N) is 1. The van der Waals surface area contributed by atoms with E-state index in [1.165, 1.54) is 19.2 Å². The van der Waals surface area contributed by atoms with Gasteiger partial charge in [-0.1, -0.05) is 26.7 Å². The first-order valence-electron chi connectivity index (χ1n) is 5.09. The van der Waals surface area contributed by atoms with Gasteiger partial charge in [0.15, 0.2) is 0 Å². The van der Waals surface area contributed by atoms with Crippen molar-refractivity contribution >= 4 is 0 Å². The number of aromatic nitrogens is 3. The van der Waals surface area contributed by atoms with Crippen LogP contribution in [0.4, 0.5) is 0 Å². The van der Waals surface area contributed by atoms with Crippen molar-refractivity contribution in [3.63, 3.8) is 0 Å². The fraction of sp³-hybridized carbons (Fsp3) is 0.778. The van der Waals surface area contributed by atoms with Crippen molar-refractivity contribution in [2.24, 2.45) is 11.8 Å². The lowest BCUT2D eigenvalue weighted by atomic mass is 9.97. The third-order valence-electron chi connectivity index (χ3n) is 2.38. The molecular formula is C9H19N5. The maximum absolute atomic E-state index is 5.47. The molecule has 14 heavy (non-hydrogen) atoms. The molecule has 1 rings (SSSR count). The molecule has 0 aromatic carbocycles. The Labute approximate surface area is 84.5 Å².